The Balaban J connectivity index is 1.48. The molecule has 1 amide bonds. The Labute approximate surface area is 184 Å². The Morgan fingerprint density at radius 2 is 1.42 bits per heavy atom. The van der Waals surface area contributed by atoms with Gasteiger partial charge in [-0.15, -0.1) is 0 Å². The molecule has 31 heavy (non-hydrogen) atoms. The van der Waals surface area contributed by atoms with Crippen molar-refractivity contribution >= 4 is 11.9 Å². The first-order valence-corrected chi connectivity index (χ1v) is 11.2. The number of carboxylic acids is 1. The molecule has 2 aliphatic carbocycles. The molecule has 4 atom stereocenters. The summed E-state index contributed by atoms with van der Waals surface area (Å²) in [6.07, 6.45) is 2.49. The molecule has 2 fully saturated rings. The molecule has 0 aromatic heterocycles. The van der Waals surface area contributed by atoms with E-state index < -0.39 is 17.8 Å². The number of hydrogen-bond acceptors (Lipinski definition) is 3. The van der Waals surface area contributed by atoms with Crippen molar-refractivity contribution in [1.82, 2.24) is 5.32 Å². The van der Waals surface area contributed by atoms with Crippen molar-refractivity contribution < 1.29 is 14.7 Å². The first kappa shape index (κ1) is 21.4. The molecule has 2 bridgehead atoms. The molecule has 162 valence electrons. The maximum absolute atomic E-state index is 13.1. The van der Waals surface area contributed by atoms with Crippen LogP contribution in [0, 0.1) is 23.7 Å². The minimum Gasteiger partial charge on any atom is -0.550 e. The van der Waals surface area contributed by atoms with E-state index in [-0.39, 0.29) is 23.7 Å². The Kier molecular flexibility index (Phi) is 6.26. The van der Waals surface area contributed by atoms with Gasteiger partial charge in [-0.1, -0.05) is 71.8 Å². The first-order chi connectivity index (χ1) is 15.0. The van der Waals surface area contributed by atoms with Crippen LogP contribution in [0.25, 0.3) is 0 Å². The number of benzene rings is 2. The van der Waals surface area contributed by atoms with Crippen LogP contribution in [0.1, 0.15) is 50.2 Å². The van der Waals surface area contributed by atoms with Crippen molar-refractivity contribution in [3.63, 3.8) is 0 Å². The van der Waals surface area contributed by atoms with E-state index in [0.717, 1.165) is 24.8 Å². The number of rotatable bonds is 7. The van der Waals surface area contributed by atoms with E-state index in [1.807, 2.05) is 50.2 Å². The van der Waals surface area contributed by atoms with Crippen LogP contribution in [0.2, 0.25) is 0 Å². The van der Waals surface area contributed by atoms with E-state index in [1.165, 1.54) is 16.7 Å². The van der Waals surface area contributed by atoms with Crippen molar-refractivity contribution in [2.24, 2.45) is 23.7 Å². The molecule has 4 nitrogen and oxygen atoms in total. The highest BCUT2D eigenvalue weighted by atomic mass is 16.4. The summed E-state index contributed by atoms with van der Waals surface area (Å²) in [5, 5.41) is 15.0. The first-order valence-electron chi connectivity index (χ1n) is 11.2. The van der Waals surface area contributed by atoms with Crippen molar-refractivity contribution in [3.8, 4) is 0 Å². The molecule has 2 aromatic rings. The van der Waals surface area contributed by atoms with Crippen LogP contribution in [0.4, 0.5) is 0 Å². The molecule has 0 radical (unpaired) electrons. The summed E-state index contributed by atoms with van der Waals surface area (Å²) in [7, 11) is 0. The van der Waals surface area contributed by atoms with E-state index >= 15 is 0 Å². The van der Waals surface area contributed by atoms with E-state index in [9.17, 15) is 14.7 Å². The number of nitrogens with one attached hydrogen (secondary N) is 1. The Morgan fingerprint density at radius 3 is 1.90 bits per heavy atom. The van der Waals surface area contributed by atoms with Crippen LogP contribution >= 0.6 is 0 Å². The predicted molar refractivity (Wildman–Crippen MR) is 119 cm³/mol. The molecule has 2 aliphatic rings. The van der Waals surface area contributed by atoms with Crippen LogP contribution in [-0.2, 0) is 9.59 Å². The zero-order chi connectivity index (χ0) is 22.0. The highest BCUT2D eigenvalue weighted by molar-refractivity contribution is 5.87. The molecule has 2 aromatic carbocycles. The Bertz CT molecular complexity index is 923. The van der Waals surface area contributed by atoms with Gasteiger partial charge in [-0.2, -0.15) is 0 Å². The summed E-state index contributed by atoms with van der Waals surface area (Å²) in [5.41, 5.74) is 4.76. The second-order valence-corrected chi connectivity index (χ2v) is 9.07. The van der Waals surface area contributed by atoms with Crippen molar-refractivity contribution in [1.29, 1.82) is 0 Å². The molecule has 4 rings (SSSR count). The monoisotopic (exact) mass is 416 g/mol. The number of aliphatic carboxylic acids is 1. The summed E-state index contributed by atoms with van der Waals surface area (Å²) < 4.78 is 0. The normalized spacial score (nSPS) is 24.4. The second-order valence-electron chi connectivity index (χ2n) is 9.07. The number of carbonyl (C=O) groups excluding carboxylic acids is 2. The third-order valence-electron chi connectivity index (χ3n) is 7.13. The van der Waals surface area contributed by atoms with E-state index in [0.29, 0.717) is 6.54 Å². The number of amides is 1. The number of hydrogen-bond donors (Lipinski definition) is 1. The standard InChI is InChI=1S/C27H31NO3/c1-17(2)23-21-13-14-22(23)25(27(30)31)24(21)26(29)28-16-15-20(18-9-5-3-6-10-18)19-11-7-4-8-12-19/h3-12,20-22,24-25H,13-16H2,1-2H3,(H,28,29)(H,30,31)/p-1/t21-,22+,24+,25-/m0/s1. The zero-order valence-corrected chi connectivity index (χ0v) is 18.2. The van der Waals surface area contributed by atoms with Gasteiger partial charge in [-0.05, 0) is 56.1 Å². The van der Waals surface area contributed by atoms with E-state index in [2.05, 4.69) is 29.6 Å². The van der Waals surface area contributed by atoms with Crippen LogP contribution in [0.3, 0.4) is 0 Å². The lowest BCUT2D eigenvalue weighted by Crippen LogP contribution is -2.46. The van der Waals surface area contributed by atoms with Gasteiger partial charge in [0.1, 0.15) is 0 Å². The van der Waals surface area contributed by atoms with E-state index in [4.69, 9.17) is 0 Å². The van der Waals surface area contributed by atoms with Crippen LogP contribution in [0.15, 0.2) is 71.8 Å². The lowest BCUT2D eigenvalue weighted by atomic mass is 9.78. The summed E-state index contributed by atoms with van der Waals surface area (Å²) in [6.45, 7) is 4.56. The van der Waals surface area contributed by atoms with Gasteiger partial charge < -0.3 is 15.2 Å². The van der Waals surface area contributed by atoms with Gasteiger partial charge in [-0.25, -0.2) is 0 Å². The molecule has 1 N–H and O–H groups in total. The Morgan fingerprint density at radius 1 is 0.903 bits per heavy atom. The average Bonchev–Trinajstić information content (AvgIpc) is 3.34. The van der Waals surface area contributed by atoms with Gasteiger partial charge in [0.25, 0.3) is 0 Å². The smallest absolute Gasteiger partial charge is 0.224 e. The fourth-order valence-electron chi connectivity index (χ4n) is 5.94. The van der Waals surface area contributed by atoms with Crippen LogP contribution < -0.4 is 10.4 Å². The number of carboxylic acid groups (broad SMARTS) is 1. The van der Waals surface area contributed by atoms with Gasteiger partial charge in [0.2, 0.25) is 5.91 Å². The fraction of sp³-hybridized carbons (Fsp3) is 0.407. The maximum atomic E-state index is 13.1. The summed E-state index contributed by atoms with van der Waals surface area (Å²) in [6, 6.07) is 20.6. The Hall–Kier alpha value is -2.88. The zero-order valence-electron chi connectivity index (χ0n) is 18.2. The molecular formula is C27H30NO3-. The van der Waals surface area contributed by atoms with Gasteiger partial charge in [0.15, 0.2) is 0 Å². The third kappa shape index (κ3) is 4.16. The van der Waals surface area contributed by atoms with Gasteiger partial charge >= 0.3 is 0 Å². The van der Waals surface area contributed by atoms with Crippen LogP contribution in [-0.4, -0.2) is 18.4 Å². The summed E-state index contributed by atoms with van der Waals surface area (Å²) in [5.74, 6) is -2.28. The summed E-state index contributed by atoms with van der Waals surface area (Å²) in [4.78, 5) is 25.1. The highest BCUT2D eigenvalue weighted by Crippen LogP contribution is 2.56. The number of allylic oxidation sites excluding steroid dienone is 2. The highest BCUT2D eigenvalue weighted by Gasteiger charge is 2.54. The maximum Gasteiger partial charge on any atom is 0.224 e. The van der Waals surface area contributed by atoms with Gasteiger partial charge in [0.05, 0.1) is 5.92 Å². The fourth-order valence-corrected chi connectivity index (χ4v) is 5.94. The van der Waals surface area contributed by atoms with Crippen LogP contribution in [0.5, 0.6) is 0 Å². The quantitative estimate of drug-likeness (QED) is 0.700. The SMILES string of the molecule is CC(C)=C1[C@H]2CC[C@@H]1[C@@H](C(=O)NCCC(c1ccccc1)c1ccccc1)[C@H]2C(=O)[O-]. The second kappa shape index (κ2) is 9.09. The lowest BCUT2D eigenvalue weighted by Gasteiger charge is -2.30. The van der Waals surface area contributed by atoms with Gasteiger partial charge in [-0.3, -0.25) is 4.79 Å². The molecule has 0 unspecified atom stereocenters. The van der Waals surface area contributed by atoms with Crippen molar-refractivity contribution in [3.05, 3.63) is 82.9 Å². The molecule has 0 heterocycles. The topological polar surface area (TPSA) is 69.2 Å². The van der Waals surface area contributed by atoms with Gasteiger partial charge in [0, 0.05) is 24.3 Å². The largest absolute Gasteiger partial charge is 0.550 e. The molecule has 0 spiro atoms. The predicted octanol–water partition coefficient (Wildman–Crippen LogP) is 3.68. The van der Waals surface area contributed by atoms with Crippen molar-refractivity contribution in [2.45, 2.75) is 39.0 Å². The third-order valence-corrected chi connectivity index (χ3v) is 7.13. The molecule has 4 heteroatoms. The molecule has 2 saturated carbocycles. The number of fused-ring (bicyclic) bond motifs is 2. The molecule has 0 aliphatic heterocycles. The molecular weight excluding hydrogens is 386 g/mol. The van der Waals surface area contributed by atoms with Crippen molar-refractivity contribution in [2.75, 3.05) is 6.54 Å². The minimum atomic E-state index is -1.09. The summed E-state index contributed by atoms with van der Waals surface area (Å²) >= 11 is 0. The number of carbonyl (C=O) groups is 2. The molecule has 0 saturated heterocycles. The van der Waals surface area contributed by atoms with E-state index in [1.54, 1.807) is 0 Å². The average molecular weight is 417 g/mol. The lowest BCUT2D eigenvalue weighted by molar-refractivity contribution is -0.314. The minimum absolute atomic E-state index is 0.0388.